The molecule has 0 fully saturated rings. The average Bonchev–Trinajstić information content (AvgIpc) is 2.43. The van der Waals surface area contributed by atoms with Crippen LogP contribution in [0.3, 0.4) is 0 Å². The third kappa shape index (κ3) is 3.15. The molecule has 0 aromatic heterocycles. The summed E-state index contributed by atoms with van der Waals surface area (Å²) in [5.41, 5.74) is 7.60. The van der Waals surface area contributed by atoms with Gasteiger partial charge in [0.15, 0.2) is 0 Å². The van der Waals surface area contributed by atoms with Crippen LogP contribution >= 0.6 is 23.2 Å². The van der Waals surface area contributed by atoms with Crippen LogP contribution in [-0.2, 0) is 4.74 Å². The van der Waals surface area contributed by atoms with E-state index in [0.29, 0.717) is 32.7 Å². The van der Waals surface area contributed by atoms with Crippen molar-refractivity contribution in [3.8, 4) is 0 Å². The summed E-state index contributed by atoms with van der Waals surface area (Å²) in [6.07, 6.45) is 0. The van der Waals surface area contributed by atoms with Crippen molar-refractivity contribution in [2.45, 2.75) is 0 Å². The van der Waals surface area contributed by atoms with E-state index in [1.807, 2.05) is 0 Å². The fourth-order valence-electron chi connectivity index (χ4n) is 1.69. The Morgan fingerprint density at radius 1 is 1.15 bits per heavy atom. The van der Waals surface area contributed by atoms with Gasteiger partial charge in [0.2, 0.25) is 0 Å². The van der Waals surface area contributed by atoms with Crippen molar-refractivity contribution >= 4 is 46.2 Å². The number of nitrogens with one attached hydrogen (secondary N) is 1. The van der Waals surface area contributed by atoms with Gasteiger partial charge in [-0.05, 0) is 36.4 Å². The van der Waals surface area contributed by atoms with E-state index in [4.69, 9.17) is 33.7 Å². The molecule has 2 aromatic rings. The Morgan fingerprint density at radius 3 is 2.60 bits per heavy atom. The number of hydrogen-bond donors (Lipinski definition) is 2. The summed E-state index contributed by atoms with van der Waals surface area (Å²) in [4.78, 5) is 11.8. The maximum Gasteiger partial charge on any atom is 0.340 e. The Bertz CT molecular complexity index is 660. The van der Waals surface area contributed by atoms with Gasteiger partial charge in [0, 0.05) is 10.7 Å². The quantitative estimate of drug-likeness (QED) is 0.661. The predicted octanol–water partition coefficient (Wildman–Crippen LogP) is 4.11. The van der Waals surface area contributed by atoms with Crippen LogP contribution < -0.4 is 11.1 Å². The van der Waals surface area contributed by atoms with Crippen LogP contribution in [0.1, 0.15) is 10.4 Å². The van der Waals surface area contributed by atoms with Crippen molar-refractivity contribution in [3.63, 3.8) is 0 Å². The number of halogens is 2. The number of ether oxygens (including phenoxy) is 1. The molecule has 0 radical (unpaired) electrons. The van der Waals surface area contributed by atoms with Crippen LogP contribution in [0.4, 0.5) is 17.1 Å². The second kappa shape index (κ2) is 6.03. The molecule has 0 saturated carbocycles. The van der Waals surface area contributed by atoms with E-state index < -0.39 is 5.97 Å². The summed E-state index contributed by atoms with van der Waals surface area (Å²) < 4.78 is 4.73. The standard InChI is InChI=1S/C14H12Cl2N2O2/c1-20-14(19)10-7-9(17)3-5-12(10)18-13-6-8(15)2-4-11(13)16/h2-7,18H,17H2,1H3. The third-order valence-electron chi connectivity index (χ3n) is 2.65. The van der Waals surface area contributed by atoms with E-state index in [9.17, 15) is 4.79 Å². The van der Waals surface area contributed by atoms with E-state index in [0.717, 1.165) is 0 Å². The van der Waals surface area contributed by atoms with Gasteiger partial charge in [-0.25, -0.2) is 4.79 Å². The van der Waals surface area contributed by atoms with Crippen molar-refractivity contribution in [2.75, 3.05) is 18.2 Å². The number of carbonyl (C=O) groups excluding carboxylic acids is 1. The van der Waals surface area contributed by atoms with Gasteiger partial charge < -0.3 is 15.8 Å². The number of hydrogen-bond acceptors (Lipinski definition) is 4. The number of nitrogens with two attached hydrogens (primary N) is 1. The number of benzene rings is 2. The lowest BCUT2D eigenvalue weighted by molar-refractivity contribution is 0.0602. The van der Waals surface area contributed by atoms with Crippen LogP contribution in [0.5, 0.6) is 0 Å². The van der Waals surface area contributed by atoms with Gasteiger partial charge in [-0.2, -0.15) is 0 Å². The monoisotopic (exact) mass is 310 g/mol. The summed E-state index contributed by atoms with van der Waals surface area (Å²) in [5.74, 6) is -0.488. The fraction of sp³-hybridized carbons (Fsp3) is 0.0714. The van der Waals surface area contributed by atoms with Gasteiger partial charge >= 0.3 is 5.97 Å². The lowest BCUT2D eigenvalue weighted by atomic mass is 10.1. The first-order chi connectivity index (χ1) is 9.51. The largest absolute Gasteiger partial charge is 0.465 e. The number of anilines is 3. The number of methoxy groups -OCH3 is 1. The maximum atomic E-state index is 11.8. The van der Waals surface area contributed by atoms with E-state index in [2.05, 4.69) is 5.32 Å². The molecule has 0 aliphatic rings. The Hall–Kier alpha value is -1.91. The molecule has 20 heavy (non-hydrogen) atoms. The van der Waals surface area contributed by atoms with E-state index in [-0.39, 0.29) is 0 Å². The number of carbonyl (C=O) groups is 1. The summed E-state index contributed by atoms with van der Waals surface area (Å²) in [5, 5.41) is 4.07. The maximum absolute atomic E-state index is 11.8. The molecule has 6 heteroatoms. The van der Waals surface area contributed by atoms with Crippen LogP contribution in [0.15, 0.2) is 36.4 Å². The summed E-state index contributed by atoms with van der Waals surface area (Å²) in [6.45, 7) is 0. The van der Waals surface area contributed by atoms with E-state index >= 15 is 0 Å². The Kier molecular flexibility index (Phi) is 4.37. The molecule has 0 aliphatic heterocycles. The second-order valence-corrected chi connectivity index (χ2v) is 4.89. The molecule has 4 nitrogen and oxygen atoms in total. The highest BCUT2D eigenvalue weighted by Gasteiger charge is 2.13. The predicted molar refractivity (Wildman–Crippen MR) is 81.9 cm³/mol. The topological polar surface area (TPSA) is 64.3 Å². The molecule has 0 heterocycles. The molecular weight excluding hydrogens is 299 g/mol. The SMILES string of the molecule is COC(=O)c1cc(N)ccc1Nc1cc(Cl)ccc1Cl. The van der Waals surface area contributed by atoms with Crippen molar-refractivity contribution in [2.24, 2.45) is 0 Å². The highest BCUT2D eigenvalue weighted by Crippen LogP contribution is 2.30. The molecule has 2 aromatic carbocycles. The Balaban J connectivity index is 2.43. The lowest BCUT2D eigenvalue weighted by Crippen LogP contribution is -2.06. The van der Waals surface area contributed by atoms with Crippen molar-refractivity contribution < 1.29 is 9.53 Å². The molecule has 104 valence electrons. The highest BCUT2D eigenvalue weighted by molar-refractivity contribution is 6.35. The van der Waals surface area contributed by atoms with Crippen LogP contribution in [-0.4, -0.2) is 13.1 Å². The second-order valence-electron chi connectivity index (χ2n) is 4.05. The van der Waals surface area contributed by atoms with Gasteiger partial charge in [0.1, 0.15) is 0 Å². The van der Waals surface area contributed by atoms with Crippen LogP contribution in [0, 0.1) is 0 Å². The van der Waals surface area contributed by atoms with Gasteiger partial charge in [-0.15, -0.1) is 0 Å². The highest BCUT2D eigenvalue weighted by atomic mass is 35.5. The molecule has 2 rings (SSSR count). The molecule has 0 atom stereocenters. The summed E-state index contributed by atoms with van der Waals surface area (Å²) >= 11 is 12.0. The molecule has 0 amide bonds. The molecule has 0 spiro atoms. The number of esters is 1. The zero-order valence-corrected chi connectivity index (χ0v) is 12.1. The Labute approximate surface area is 126 Å². The first-order valence-corrected chi connectivity index (χ1v) is 6.47. The van der Waals surface area contributed by atoms with Crippen molar-refractivity contribution in [1.82, 2.24) is 0 Å². The minimum Gasteiger partial charge on any atom is -0.465 e. The minimum absolute atomic E-state index is 0.323. The smallest absolute Gasteiger partial charge is 0.340 e. The van der Waals surface area contributed by atoms with Crippen molar-refractivity contribution in [1.29, 1.82) is 0 Å². The zero-order valence-electron chi connectivity index (χ0n) is 10.6. The van der Waals surface area contributed by atoms with Crippen LogP contribution in [0.25, 0.3) is 0 Å². The van der Waals surface area contributed by atoms with Gasteiger partial charge in [0.25, 0.3) is 0 Å². The van der Waals surface area contributed by atoms with Crippen molar-refractivity contribution in [3.05, 3.63) is 52.0 Å². The molecule has 0 bridgehead atoms. The minimum atomic E-state index is -0.488. The van der Waals surface area contributed by atoms with E-state index in [1.165, 1.54) is 13.2 Å². The zero-order chi connectivity index (χ0) is 14.7. The lowest BCUT2D eigenvalue weighted by Gasteiger charge is -2.13. The summed E-state index contributed by atoms with van der Waals surface area (Å²) in [6, 6.07) is 9.90. The molecule has 0 saturated heterocycles. The van der Waals surface area contributed by atoms with Crippen LogP contribution in [0.2, 0.25) is 10.0 Å². The first kappa shape index (κ1) is 14.5. The third-order valence-corrected chi connectivity index (χ3v) is 3.21. The number of rotatable bonds is 3. The molecular formula is C14H12Cl2N2O2. The summed E-state index contributed by atoms with van der Waals surface area (Å²) in [7, 11) is 1.31. The Morgan fingerprint density at radius 2 is 1.90 bits per heavy atom. The van der Waals surface area contributed by atoms with E-state index in [1.54, 1.807) is 30.3 Å². The fourth-order valence-corrected chi connectivity index (χ4v) is 2.02. The van der Waals surface area contributed by atoms with Gasteiger partial charge in [0.05, 0.1) is 29.1 Å². The normalized spacial score (nSPS) is 10.2. The first-order valence-electron chi connectivity index (χ1n) is 5.71. The average molecular weight is 311 g/mol. The molecule has 3 N–H and O–H groups in total. The van der Waals surface area contributed by atoms with Gasteiger partial charge in [-0.1, -0.05) is 23.2 Å². The number of nitrogen functional groups attached to an aromatic ring is 1. The van der Waals surface area contributed by atoms with Gasteiger partial charge in [-0.3, -0.25) is 0 Å². The molecule has 0 unspecified atom stereocenters. The molecule has 0 aliphatic carbocycles.